The first-order valence-corrected chi connectivity index (χ1v) is 10.7. The van der Waals surface area contributed by atoms with Gasteiger partial charge in [-0.15, -0.1) is 22.7 Å². The summed E-state index contributed by atoms with van der Waals surface area (Å²) >= 11 is 9.55. The molecule has 4 rings (SSSR count). The third kappa shape index (κ3) is 3.78. The largest absolute Gasteiger partial charge is 0.320 e. The number of hydrogen-bond acceptors (Lipinski definition) is 4. The zero-order chi connectivity index (χ0) is 18.8. The predicted octanol–water partition coefficient (Wildman–Crippen LogP) is 3.50. The van der Waals surface area contributed by atoms with Crippen LogP contribution in [0.25, 0.3) is 0 Å². The van der Waals surface area contributed by atoms with Gasteiger partial charge in [-0.25, -0.2) is 0 Å². The molecule has 27 heavy (non-hydrogen) atoms. The van der Waals surface area contributed by atoms with E-state index in [1.165, 1.54) is 20.2 Å². The number of carbonyl (C=O) groups excluding carboxylic acids is 1. The number of thiophene rings is 2. The summed E-state index contributed by atoms with van der Waals surface area (Å²) in [4.78, 5) is 16.7. The molecule has 0 saturated carbocycles. The second-order valence-corrected chi connectivity index (χ2v) is 8.85. The van der Waals surface area contributed by atoms with E-state index < -0.39 is 0 Å². The van der Waals surface area contributed by atoms with Gasteiger partial charge in [0, 0.05) is 21.9 Å². The van der Waals surface area contributed by atoms with Crippen LogP contribution >= 0.6 is 34.3 Å². The molecule has 1 aliphatic heterocycles. The molecule has 0 bridgehead atoms. The third-order valence-corrected chi connectivity index (χ3v) is 6.93. The first kappa shape index (κ1) is 18.2. The minimum Gasteiger partial charge on any atom is -0.320 e. The molecule has 2 atom stereocenters. The molecule has 7 heteroatoms. The fraction of sp³-hybridized carbons (Fsp3) is 0.200. The van der Waals surface area contributed by atoms with Crippen molar-refractivity contribution in [3.05, 3.63) is 73.1 Å². The minimum atomic E-state index is -0.107. The maximum Gasteiger partial charge on any atom is 0.279 e. The number of nitrogens with one attached hydrogen (secondary N) is 2. The van der Waals surface area contributed by atoms with Crippen molar-refractivity contribution in [3.8, 4) is 6.07 Å². The monoisotopic (exact) mass is 414 g/mol. The summed E-state index contributed by atoms with van der Waals surface area (Å²) in [5.74, 6) is -0.107. The van der Waals surface area contributed by atoms with Gasteiger partial charge in [0.15, 0.2) is 6.54 Å². The maximum atomic E-state index is 12.7. The Morgan fingerprint density at radius 3 is 2.96 bits per heavy atom. The summed E-state index contributed by atoms with van der Waals surface area (Å²) in [6, 6.07) is 13.6. The van der Waals surface area contributed by atoms with Crippen molar-refractivity contribution >= 4 is 45.9 Å². The summed E-state index contributed by atoms with van der Waals surface area (Å²) in [7, 11) is 0. The minimum absolute atomic E-state index is 0.107. The molecule has 1 unspecified atom stereocenters. The van der Waals surface area contributed by atoms with Crippen LogP contribution in [0.1, 0.15) is 26.9 Å². The van der Waals surface area contributed by atoms with Crippen LogP contribution in [-0.4, -0.2) is 19.0 Å². The Labute approximate surface area is 170 Å². The topological polar surface area (TPSA) is 57.3 Å². The molecular formula is C20H17ClN3OS2+. The summed E-state index contributed by atoms with van der Waals surface area (Å²) < 4.78 is 0. The molecule has 0 spiro atoms. The van der Waals surface area contributed by atoms with Crippen molar-refractivity contribution in [1.29, 1.82) is 5.26 Å². The van der Waals surface area contributed by atoms with Crippen molar-refractivity contribution in [2.45, 2.75) is 12.5 Å². The fourth-order valence-electron chi connectivity index (χ4n) is 3.57. The van der Waals surface area contributed by atoms with Crippen molar-refractivity contribution in [2.75, 3.05) is 18.4 Å². The zero-order valence-electron chi connectivity index (χ0n) is 14.4. The molecule has 1 amide bonds. The van der Waals surface area contributed by atoms with E-state index in [2.05, 4.69) is 40.3 Å². The van der Waals surface area contributed by atoms with Gasteiger partial charge in [-0.1, -0.05) is 17.7 Å². The number of halogens is 1. The summed E-state index contributed by atoms with van der Waals surface area (Å²) in [6.45, 7) is 1.25. The third-order valence-electron chi connectivity index (χ3n) is 4.76. The molecule has 2 aromatic heterocycles. The molecule has 136 valence electrons. The molecule has 0 saturated heterocycles. The Hall–Kier alpha value is -2.17. The summed E-state index contributed by atoms with van der Waals surface area (Å²) in [5.41, 5.74) is 2.21. The first-order valence-electron chi connectivity index (χ1n) is 8.59. The second-order valence-electron chi connectivity index (χ2n) is 6.43. The first-order chi connectivity index (χ1) is 13.2. The van der Waals surface area contributed by atoms with E-state index in [1.54, 1.807) is 40.9 Å². The fourth-order valence-corrected chi connectivity index (χ4v) is 5.56. The predicted molar refractivity (Wildman–Crippen MR) is 110 cm³/mol. The van der Waals surface area contributed by atoms with E-state index >= 15 is 0 Å². The Balaban J connectivity index is 1.56. The lowest BCUT2D eigenvalue weighted by Gasteiger charge is -2.31. The number of hydrogen-bond donors (Lipinski definition) is 2. The van der Waals surface area contributed by atoms with Crippen LogP contribution in [0.5, 0.6) is 0 Å². The van der Waals surface area contributed by atoms with Crippen LogP contribution in [0, 0.1) is 11.3 Å². The van der Waals surface area contributed by atoms with Crippen LogP contribution in [0.15, 0.2) is 47.2 Å². The lowest BCUT2D eigenvalue weighted by molar-refractivity contribution is -0.919. The molecule has 0 aliphatic carbocycles. The van der Waals surface area contributed by atoms with Crippen molar-refractivity contribution < 1.29 is 9.69 Å². The molecule has 1 aliphatic rings. The van der Waals surface area contributed by atoms with E-state index in [-0.39, 0.29) is 11.9 Å². The van der Waals surface area contributed by atoms with Crippen LogP contribution in [-0.2, 0) is 11.2 Å². The van der Waals surface area contributed by atoms with Gasteiger partial charge in [0.25, 0.3) is 5.91 Å². The number of anilines is 1. The summed E-state index contributed by atoms with van der Waals surface area (Å²) in [6.07, 6.45) is 0.984. The van der Waals surface area contributed by atoms with Gasteiger partial charge in [0.1, 0.15) is 12.1 Å². The van der Waals surface area contributed by atoms with E-state index in [4.69, 9.17) is 11.6 Å². The highest BCUT2D eigenvalue weighted by Crippen LogP contribution is 2.31. The normalized spacial score (nSPS) is 18.5. The zero-order valence-corrected chi connectivity index (χ0v) is 16.8. The number of quaternary nitrogens is 1. The van der Waals surface area contributed by atoms with Crippen molar-refractivity contribution in [2.24, 2.45) is 0 Å². The maximum absolute atomic E-state index is 12.7. The molecule has 0 radical (unpaired) electrons. The SMILES string of the molecule is N#Cc1ccc(Cl)cc1NC(=O)C[NH+]1CCc2sccc2[C@@H]1c1cccs1. The highest BCUT2D eigenvalue weighted by Gasteiger charge is 2.35. The Morgan fingerprint density at radius 2 is 2.19 bits per heavy atom. The number of benzene rings is 1. The average Bonchev–Trinajstić information content (AvgIpc) is 3.33. The number of amides is 1. The van der Waals surface area contributed by atoms with Gasteiger partial charge in [-0.2, -0.15) is 5.26 Å². The Morgan fingerprint density at radius 1 is 1.30 bits per heavy atom. The van der Waals surface area contributed by atoms with E-state index in [0.29, 0.717) is 22.8 Å². The second kappa shape index (κ2) is 7.83. The van der Waals surface area contributed by atoms with Gasteiger partial charge < -0.3 is 10.2 Å². The molecular weight excluding hydrogens is 398 g/mol. The number of nitriles is 1. The number of rotatable bonds is 4. The number of nitrogens with zero attached hydrogens (tertiary/aromatic N) is 1. The van der Waals surface area contributed by atoms with Gasteiger partial charge in [-0.3, -0.25) is 4.79 Å². The van der Waals surface area contributed by atoms with Crippen LogP contribution in [0.3, 0.4) is 0 Å². The lowest BCUT2D eigenvalue weighted by atomic mass is 9.98. The van der Waals surface area contributed by atoms with Crippen LogP contribution in [0.2, 0.25) is 5.02 Å². The van der Waals surface area contributed by atoms with Crippen LogP contribution < -0.4 is 10.2 Å². The molecule has 1 aromatic carbocycles. The molecule has 2 N–H and O–H groups in total. The molecule has 4 nitrogen and oxygen atoms in total. The van der Waals surface area contributed by atoms with Gasteiger partial charge in [-0.05, 0) is 41.1 Å². The van der Waals surface area contributed by atoms with E-state index in [9.17, 15) is 10.1 Å². The van der Waals surface area contributed by atoms with Crippen molar-refractivity contribution in [1.82, 2.24) is 0 Å². The standard InChI is InChI=1S/C20H16ClN3OS2/c21-14-4-3-13(11-22)16(10-14)23-19(25)12-24-7-5-17-15(6-9-27-17)20(24)18-2-1-8-26-18/h1-4,6,8-10,20H,5,7,12H2,(H,23,25)/p+1/t20-/m1/s1. The Bertz CT molecular complexity index is 1010. The average molecular weight is 415 g/mol. The number of carbonyl (C=O) groups is 1. The molecule has 3 heterocycles. The quantitative estimate of drug-likeness (QED) is 0.686. The van der Waals surface area contributed by atoms with E-state index in [1.807, 2.05) is 0 Å². The van der Waals surface area contributed by atoms with Gasteiger partial charge >= 0.3 is 0 Å². The highest BCUT2D eigenvalue weighted by molar-refractivity contribution is 7.10. The van der Waals surface area contributed by atoms with Crippen molar-refractivity contribution in [3.63, 3.8) is 0 Å². The Kier molecular flexibility index (Phi) is 5.28. The van der Waals surface area contributed by atoms with E-state index in [0.717, 1.165) is 13.0 Å². The summed E-state index contributed by atoms with van der Waals surface area (Å²) in [5, 5.41) is 16.8. The highest BCUT2D eigenvalue weighted by atomic mass is 35.5. The number of fused-ring (bicyclic) bond motifs is 1. The lowest BCUT2D eigenvalue weighted by Crippen LogP contribution is -3.14. The molecule has 3 aromatic rings. The van der Waals surface area contributed by atoms with Gasteiger partial charge in [0.05, 0.1) is 22.7 Å². The van der Waals surface area contributed by atoms with Crippen LogP contribution in [0.4, 0.5) is 5.69 Å². The van der Waals surface area contributed by atoms with Gasteiger partial charge in [0.2, 0.25) is 0 Å². The molecule has 0 fully saturated rings. The smallest absolute Gasteiger partial charge is 0.279 e.